The van der Waals surface area contributed by atoms with Crippen LogP contribution in [0.3, 0.4) is 0 Å². The molecule has 1 atom stereocenters. The lowest BCUT2D eigenvalue weighted by atomic mass is 9.90. The van der Waals surface area contributed by atoms with Crippen molar-refractivity contribution >= 4 is 11.8 Å². The number of rotatable bonds is 5. The van der Waals surface area contributed by atoms with Crippen molar-refractivity contribution in [1.29, 1.82) is 0 Å². The van der Waals surface area contributed by atoms with Crippen molar-refractivity contribution in [3.05, 3.63) is 77.8 Å². The van der Waals surface area contributed by atoms with Gasteiger partial charge in [-0.2, -0.15) is 0 Å². The van der Waals surface area contributed by atoms with E-state index in [4.69, 9.17) is 0 Å². The summed E-state index contributed by atoms with van der Waals surface area (Å²) in [6, 6.07) is 13.8. The lowest BCUT2D eigenvalue weighted by molar-refractivity contribution is -0.123. The molecule has 1 aromatic carbocycles. The fourth-order valence-electron chi connectivity index (χ4n) is 4.19. The Morgan fingerprint density at radius 1 is 1.13 bits per heavy atom. The van der Waals surface area contributed by atoms with Crippen LogP contribution in [0, 0.1) is 0 Å². The maximum atomic E-state index is 12.5. The molecular weight excluding hydrogens is 376 g/mol. The second-order valence-corrected chi connectivity index (χ2v) is 8.17. The molecule has 2 saturated heterocycles. The van der Waals surface area contributed by atoms with E-state index in [1.807, 2.05) is 18.3 Å². The summed E-state index contributed by atoms with van der Waals surface area (Å²) in [5.41, 5.74) is 3.57. The molecule has 2 aliphatic rings. The van der Waals surface area contributed by atoms with E-state index in [9.17, 15) is 9.59 Å². The second kappa shape index (κ2) is 9.22. The van der Waals surface area contributed by atoms with Crippen LogP contribution >= 0.6 is 0 Å². The topological polar surface area (TPSA) is 74.3 Å². The van der Waals surface area contributed by atoms with Gasteiger partial charge in [0.1, 0.15) is 11.7 Å². The number of pyridine rings is 1. The number of carbonyl (C=O) groups is 2. The van der Waals surface area contributed by atoms with E-state index in [1.54, 1.807) is 6.07 Å². The summed E-state index contributed by atoms with van der Waals surface area (Å²) >= 11 is 0. The molecule has 0 radical (unpaired) electrons. The fraction of sp³-hybridized carbons (Fsp3) is 0.375. The Morgan fingerprint density at radius 2 is 1.90 bits per heavy atom. The number of likely N-dealkylation sites (tertiary alicyclic amines) is 1. The summed E-state index contributed by atoms with van der Waals surface area (Å²) in [7, 11) is 0. The minimum atomic E-state index is -0.529. The van der Waals surface area contributed by atoms with Gasteiger partial charge in [-0.25, -0.2) is 0 Å². The van der Waals surface area contributed by atoms with Crippen LogP contribution in [0.15, 0.2) is 60.9 Å². The quantitative estimate of drug-likeness (QED) is 0.804. The smallest absolute Gasteiger partial charge is 0.270 e. The Labute approximate surface area is 177 Å². The van der Waals surface area contributed by atoms with Gasteiger partial charge < -0.3 is 10.6 Å². The third kappa shape index (κ3) is 4.94. The summed E-state index contributed by atoms with van der Waals surface area (Å²) in [5, 5.41) is 5.46. The van der Waals surface area contributed by atoms with Crippen molar-refractivity contribution < 1.29 is 9.59 Å². The molecule has 1 aromatic heterocycles. The van der Waals surface area contributed by atoms with Gasteiger partial charge in [-0.15, -0.1) is 0 Å². The number of piperidine rings is 2. The molecule has 1 unspecified atom stereocenters. The highest BCUT2D eigenvalue weighted by Gasteiger charge is 2.26. The van der Waals surface area contributed by atoms with Gasteiger partial charge in [-0.05, 0) is 61.9 Å². The first kappa shape index (κ1) is 20.3. The number of nitrogens with zero attached hydrogens (tertiary/aromatic N) is 2. The van der Waals surface area contributed by atoms with Crippen molar-refractivity contribution in [3.63, 3.8) is 0 Å². The minimum Gasteiger partial charge on any atom is -0.339 e. The van der Waals surface area contributed by atoms with Crippen LogP contribution in [0.2, 0.25) is 0 Å². The maximum absolute atomic E-state index is 12.5. The number of hydrogen-bond acceptors (Lipinski definition) is 4. The molecule has 0 bridgehead atoms. The lowest BCUT2D eigenvalue weighted by Crippen LogP contribution is -2.49. The highest BCUT2D eigenvalue weighted by atomic mass is 16.2. The molecule has 0 spiro atoms. The van der Waals surface area contributed by atoms with E-state index in [0.29, 0.717) is 30.2 Å². The number of carbonyl (C=O) groups excluding carboxylic acids is 2. The van der Waals surface area contributed by atoms with Crippen LogP contribution in [0.4, 0.5) is 0 Å². The SMILES string of the molecule is C=C1CCC(NC(=O)c2ccc(C3CCN(Cc4ccccc4)CC3)cn2)C(=O)N1. The number of aromatic nitrogens is 1. The van der Waals surface area contributed by atoms with E-state index < -0.39 is 6.04 Å². The Kier molecular flexibility index (Phi) is 6.23. The highest BCUT2D eigenvalue weighted by molar-refractivity contribution is 5.96. The van der Waals surface area contributed by atoms with Gasteiger partial charge in [0.15, 0.2) is 0 Å². The zero-order valence-corrected chi connectivity index (χ0v) is 17.1. The molecule has 30 heavy (non-hydrogen) atoms. The second-order valence-electron chi connectivity index (χ2n) is 8.17. The van der Waals surface area contributed by atoms with Crippen LogP contribution in [0.1, 0.15) is 53.2 Å². The number of allylic oxidation sites excluding steroid dienone is 1. The largest absolute Gasteiger partial charge is 0.339 e. The van der Waals surface area contributed by atoms with E-state index in [0.717, 1.165) is 32.5 Å². The molecule has 0 saturated carbocycles. The summed E-state index contributed by atoms with van der Waals surface area (Å²) in [4.78, 5) is 31.3. The van der Waals surface area contributed by atoms with Gasteiger partial charge in [0.2, 0.25) is 5.91 Å². The van der Waals surface area contributed by atoms with Gasteiger partial charge >= 0.3 is 0 Å². The lowest BCUT2D eigenvalue weighted by Gasteiger charge is -2.32. The van der Waals surface area contributed by atoms with Crippen molar-refractivity contribution in [1.82, 2.24) is 20.5 Å². The number of nitrogens with one attached hydrogen (secondary N) is 2. The van der Waals surface area contributed by atoms with Gasteiger partial charge in [0, 0.05) is 18.4 Å². The van der Waals surface area contributed by atoms with Crippen molar-refractivity contribution in [2.75, 3.05) is 13.1 Å². The first-order chi connectivity index (χ1) is 14.6. The Hall–Kier alpha value is -2.99. The highest BCUT2D eigenvalue weighted by Crippen LogP contribution is 2.28. The molecule has 2 fully saturated rings. The van der Waals surface area contributed by atoms with E-state index in [1.165, 1.54) is 11.1 Å². The maximum Gasteiger partial charge on any atom is 0.270 e. The first-order valence-corrected chi connectivity index (χ1v) is 10.6. The average Bonchev–Trinajstić information content (AvgIpc) is 2.77. The molecule has 4 rings (SSSR count). The molecule has 2 amide bonds. The van der Waals surface area contributed by atoms with Crippen LogP contribution in [-0.4, -0.2) is 40.8 Å². The van der Waals surface area contributed by atoms with Crippen LogP contribution < -0.4 is 10.6 Å². The van der Waals surface area contributed by atoms with Crippen LogP contribution in [0.25, 0.3) is 0 Å². The first-order valence-electron chi connectivity index (χ1n) is 10.6. The minimum absolute atomic E-state index is 0.210. The van der Waals surface area contributed by atoms with Crippen LogP contribution in [-0.2, 0) is 11.3 Å². The third-order valence-electron chi connectivity index (χ3n) is 5.98. The molecule has 156 valence electrons. The molecule has 0 aliphatic carbocycles. The molecule has 2 aliphatic heterocycles. The van der Waals surface area contributed by atoms with Crippen LogP contribution in [0.5, 0.6) is 0 Å². The van der Waals surface area contributed by atoms with Gasteiger partial charge in [0.05, 0.1) is 0 Å². The summed E-state index contributed by atoms with van der Waals surface area (Å²) < 4.78 is 0. The molecule has 3 heterocycles. The van der Waals surface area contributed by atoms with Gasteiger partial charge in [-0.3, -0.25) is 19.5 Å². The van der Waals surface area contributed by atoms with E-state index >= 15 is 0 Å². The fourth-order valence-corrected chi connectivity index (χ4v) is 4.19. The molecule has 6 nitrogen and oxygen atoms in total. The number of amides is 2. The molecule has 2 N–H and O–H groups in total. The van der Waals surface area contributed by atoms with Crippen molar-refractivity contribution in [2.24, 2.45) is 0 Å². The summed E-state index contributed by atoms with van der Waals surface area (Å²) in [5.74, 6) is -0.0536. The van der Waals surface area contributed by atoms with Gasteiger partial charge in [-0.1, -0.05) is 43.0 Å². The molecule has 2 aromatic rings. The zero-order valence-electron chi connectivity index (χ0n) is 17.1. The predicted octanol–water partition coefficient (Wildman–Crippen LogP) is 2.98. The molecule has 6 heteroatoms. The van der Waals surface area contributed by atoms with Crippen molar-refractivity contribution in [2.45, 2.75) is 44.2 Å². The monoisotopic (exact) mass is 404 g/mol. The van der Waals surface area contributed by atoms with E-state index in [2.05, 4.69) is 51.4 Å². The standard InChI is InChI=1S/C24H28N4O2/c1-17-7-9-22(24(30)26-17)27-23(29)21-10-8-20(15-25-21)19-11-13-28(14-12-19)16-18-5-3-2-4-6-18/h2-6,8,10,15,19,22H,1,7,9,11-14,16H2,(H,26,30)(H,27,29). The normalized spacial score (nSPS) is 20.6. The van der Waals surface area contributed by atoms with Crippen molar-refractivity contribution in [3.8, 4) is 0 Å². The Morgan fingerprint density at radius 3 is 2.57 bits per heavy atom. The predicted molar refractivity (Wildman–Crippen MR) is 116 cm³/mol. The summed E-state index contributed by atoms with van der Waals surface area (Å²) in [6.07, 6.45) is 5.23. The average molecular weight is 405 g/mol. The van der Waals surface area contributed by atoms with Gasteiger partial charge in [0.25, 0.3) is 5.91 Å². The number of benzene rings is 1. The number of hydrogen-bond donors (Lipinski definition) is 2. The van der Waals surface area contributed by atoms with E-state index in [-0.39, 0.29) is 11.8 Å². The summed E-state index contributed by atoms with van der Waals surface area (Å²) in [6.45, 7) is 6.87. The Bertz CT molecular complexity index is 903. The molecular formula is C24H28N4O2. The zero-order chi connectivity index (χ0) is 20.9. The third-order valence-corrected chi connectivity index (χ3v) is 5.98. The Balaban J connectivity index is 1.29.